The van der Waals surface area contributed by atoms with Gasteiger partial charge in [-0.1, -0.05) is 60.7 Å². The number of likely N-dealkylation sites (tertiary alicyclic amines) is 1. The number of aromatic nitrogens is 2. The summed E-state index contributed by atoms with van der Waals surface area (Å²) in [5, 5.41) is 2.74. The quantitative estimate of drug-likeness (QED) is 0.251. The highest BCUT2D eigenvalue weighted by Gasteiger charge is 2.39. The number of nitrogens with zero attached hydrogens (tertiary/aromatic N) is 2. The van der Waals surface area contributed by atoms with Gasteiger partial charge in [-0.3, -0.25) is 23.9 Å². The van der Waals surface area contributed by atoms with Crippen LogP contribution in [-0.4, -0.2) is 69.5 Å². The molecule has 2 N–H and O–H groups in total. The van der Waals surface area contributed by atoms with Crippen LogP contribution in [0.5, 0.6) is 0 Å². The molecule has 1 aromatic heterocycles. The summed E-state index contributed by atoms with van der Waals surface area (Å²) in [5.74, 6) is -3.29. The van der Waals surface area contributed by atoms with Gasteiger partial charge in [0.05, 0.1) is 6.10 Å². The SMILES string of the molecule is O=C(OC[C@@H]1CC[C@H](n2ccc(=O)[nH]c2=O)O1)C(=O)N1CCCC1C(=O)N[C@H](Cc1ccccc1)C(=O)OCc1ccccc1. The predicted octanol–water partition coefficient (Wildman–Crippen LogP) is 1.22. The third kappa shape index (κ3) is 8.12. The fourth-order valence-electron chi connectivity index (χ4n) is 5.44. The van der Waals surface area contributed by atoms with E-state index >= 15 is 0 Å². The van der Waals surface area contributed by atoms with Gasteiger partial charge in [0, 0.05) is 25.2 Å². The van der Waals surface area contributed by atoms with Crippen molar-refractivity contribution >= 4 is 23.8 Å². The second kappa shape index (κ2) is 14.6. The summed E-state index contributed by atoms with van der Waals surface area (Å²) >= 11 is 0. The smallest absolute Gasteiger partial charge is 0.397 e. The highest BCUT2D eigenvalue weighted by Crippen LogP contribution is 2.27. The molecular formula is C32H34N4O9. The molecule has 0 spiro atoms. The molecule has 3 aromatic rings. The van der Waals surface area contributed by atoms with Crippen LogP contribution < -0.4 is 16.6 Å². The van der Waals surface area contributed by atoms with Crippen molar-refractivity contribution in [1.29, 1.82) is 0 Å². The zero-order valence-corrected chi connectivity index (χ0v) is 24.5. The number of nitrogens with one attached hydrogen (secondary N) is 2. The summed E-state index contributed by atoms with van der Waals surface area (Å²) in [7, 11) is 0. The van der Waals surface area contributed by atoms with Gasteiger partial charge in [0.15, 0.2) is 0 Å². The molecule has 2 fully saturated rings. The number of hydrogen-bond donors (Lipinski definition) is 2. The van der Waals surface area contributed by atoms with Crippen molar-refractivity contribution in [3.63, 3.8) is 0 Å². The maximum atomic E-state index is 13.4. The number of H-pyrrole nitrogens is 1. The van der Waals surface area contributed by atoms with Crippen molar-refractivity contribution in [3.8, 4) is 0 Å². The second-order valence-corrected chi connectivity index (χ2v) is 10.9. The van der Waals surface area contributed by atoms with Gasteiger partial charge in [0.25, 0.3) is 5.56 Å². The van der Waals surface area contributed by atoms with E-state index in [9.17, 15) is 28.8 Å². The highest BCUT2D eigenvalue weighted by atomic mass is 16.6. The van der Waals surface area contributed by atoms with E-state index in [0.717, 1.165) is 16.0 Å². The Hall–Kier alpha value is -5.04. The minimum atomic E-state index is -1.13. The standard InChI is InChI=1S/C32H34N4O9/c37-26-15-17-36(32(42)34-26)27-14-13-23(45-27)20-44-31(41)29(39)35-16-7-12-25(35)28(38)33-24(18-21-8-3-1-4-9-21)30(40)43-19-22-10-5-2-6-11-22/h1-6,8-11,15,17,23-25,27H,7,12-14,16,18-20H2,(H,33,38)(H,34,37,42)/t23-,24+,25?,27+/m0/s1. The molecule has 1 unspecified atom stereocenters. The first-order chi connectivity index (χ1) is 21.8. The molecule has 5 rings (SSSR count). The summed E-state index contributed by atoms with van der Waals surface area (Å²) in [4.78, 5) is 79.0. The lowest BCUT2D eigenvalue weighted by atomic mass is 10.1. The Kier molecular flexibility index (Phi) is 10.2. The number of ether oxygens (including phenoxy) is 3. The average Bonchev–Trinajstić information content (AvgIpc) is 3.73. The molecule has 236 valence electrons. The van der Waals surface area contributed by atoms with Crippen molar-refractivity contribution in [2.24, 2.45) is 0 Å². The number of rotatable bonds is 10. The molecular weight excluding hydrogens is 584 g/mol. The van der Waals surface area contributed by atoms with Crippen LogP contribution in [0.15, 0.2) is 82.5 Å². The van der Waals surface area contributed by atoms with Gasteiger partial charge in [0.1, 0.15) is 31.5 Å². The molecule has 0 bridgehead atoms. The van der Waals surface area contributed by atoms with E-state index in [1.165, 1.54) is 16.8 Å². The summed E-state index contributed by atoms with van der Waals surface area (Å²) in [6, 6.07) is 17.5. The first-order valence-corrected chi connectivity index (χ1v) is 14.8. The van der Waals surface area contributed by atoms with Crippen LogP contribution in [0.1, 0.15) is 43.0 Å². The number of esters is 2. The normalized spacial score (nSPS) is 19.9. The zero-order valence-electron chi connectivity index (χ0n) is 24.5. The minimum Gasteiger partial charge on any atom is -0.459 e. The van der Waals surface area contributed by atoms with E-state index in [4.69, 9.17) is 14.2 Å². The lowest BCUT2D eigenvalue weighted by Gasteiger charge is -2.25. The number of benzene rings is 2. The Balaban J connectivity index is 1.16. The van der Waals surface area contributed by atoms with Crippen molar-refractivity contribution in [2.75, 3.05) is 13.2 Å². The topological polar surface area (TPSA) is 166 Å². The fraction of sp³-hybridized carbons (Fsp3) is 0.375. The molecule has 2 saturated heterocycles. The fourth-order valence-corrected chi connectivity index (χ4v) is 5.44. The summed E-state index contributed by atoms with van der Waals surface area (Å²) in [5.41, 5.74) is 0.464. The van der Waals surface area contributed by atoms with E-state index in [1.807, 2.05) is 60.7 Å². The van der Waals surface area contributed by atoms with E-state index in [0.29, 0.717) is 25.7 Å². The third-order valence-electron chi connectivity index (χ3n) is 7.75. The largest absolute Gasteiger partial charge is 0.459 e. The van der Waals surface area contributed by atoms with E-state index in [2.05, 4.69) is 10.3 Å². The maximum absolute atomic E-state index is 13.4. The van der Waals surface area contributed by atoms with Crippen LogP contribution in [0.4, 0.5) is 0 Å². The first-order valence-electron chi connectivity index (χ1n) is 14.8. The Morgan fingerprint density at radius 3 is 2.33 bits per heavy atom. The van der Waals surface area contributed by atoms with Gasteiger partial charge in [-0.05, 0) is 36.8 Å². The molecule has 13 heteroatoms. The lowest BCUT2D eigenvalue weighted by molar-refractivity contribution is -0.164. The van der Waals surface area contributed by atoms with Crippen LogP contribution in [0.3, 0.4) is 0 Å². The van der Waals surface area contributed by atoms with Crippen LogP contribution in [0, 0.1) is 0 Å². The minimum absolute atomic E-state index is 0.0355. The van der Waals surface area contributed by atoms with Gasteiger partial charge in [-0.2, -0.15) is 0 Å². The second-order valence-electron chi connectivity index (χ2n) is 10.9. The predicted molar refractivity (Wildman–Crippen MR) is 158 cm³/mol. The van der Waals surface area contributed by atoms with Crippen LogP contribution in [-0.2, 0) is 46.4 Å². The molecule has 0 radical (unpaired) electrons. The van der Waals surface area contributed by atoms with Crippen LogP contribution in [0.2, 0.25) is 0 Å². The molecule has 3 heterocycles. The average molecular weight is 619 g/mol. The van der Waals surface area contributed by atoms with Crippen molar-refractivity contribution in [2.45, 2.75) is 63.1 Å². The summed E-state index contributed by atoms with van der Waals surface area (Å²) < 4.78 is 17.8. The van der Waals surface area contributed by atoms with E-state index in [-0.39, 0.29) is 26.2 Å². The zero-order chi connectivity index (χ0) is 31.8. The Morgan fingerprint density at radius 2 is 1.62 bits per heavy atom. The number of aromatic amines is 1. The molecule has 13 nitrogen and oxygen atoms in total. The van der Waals surface area contributed by atoms with Crippen molar-refractivity contribution in [1.82, 2.24) is 19.8 Å². The van der Waals surface area contributed by atoms with Crippen molar-refractivity contribution < 1.29 is 33.4 Å². The Bertz CT molecular complexity index is 1620. The monoisotopic (exact) mass is 618 g/mol. The van der Waals surface area contributed by atoms with Crippen molar-refractivity contribution in [3.05, 3.63) is 105 Å². The molecule has 0 aliphatic carbocycles. The van der Waals surface area contributed by atoms with Gasteiger partial charge < -0.3 is 24.4 Å². The molecule has 45 heavy (non-hydrogen) atoms. The van der Waals surface area contributed by atoms with Gasteiger partial charge >= 0.3 is 23.5 Å². The van der Waals surface area contributed by atoms with Crippen LogP contribution >= 0.6 is 0 Å². The van der Waals surface area contributed by atoms with E-state index < -0.39 is 59.4 Å². The highest BCUT2D eigenvalue weighted by molar-refractivity contribution is 6.32. The lowest BCUT2D eigenvalue weighted by Crippen LogP contribution is -2.53. The van der Waals surface area contributed by atoms with Gasteiger partial charge in [-0.15, -0.1) is 0 Å². The number of carbonyl (C=O) groups excluding carboxylic acids is 4. The summed E-state index contributed by atoms with van der Waals surface area (Å²) in [6.07, 6.45) is 1.98. The van der Waals surface area contributed by atoms with Gasteiger partial charge in [0.2, 0.25) is 5.91 Å². The Morgan fingerprint density at radius 1 is 0.911 bits per heavy atom. The molecule has 2 amide bonds. The number of amides is 2. The maximum Gasteiger partial charge on any atom is 0.397 e. The van der Waals surface area contributed by atoms with Crippen LogP contribution in [0.25, 0.3) is 0 Å². The molecule has 2 aliphatic rings. The molecule has 4 atom stereocenters. The van der Waals surface area contributed by atoms with E-state index in [1.54, 1.807) is 0 Å². The number of hydrogen-bond acceptors (Lipinski definition) is 9. The Labute approximate surface area is 258 Å². The molecule has 2 aliphatic heterocycles. The first kappa shape index (κ1) is 31.4. The summed E-state index contributed by atoms with van der Waals surface area (Å²) in [6.45, 7) is -0.0188. The third-order valence-corrected chi connectivity index (χ3v) is 7.75. The molecule has 2 aromatic carbocycles. The van der Waals surface area contributed by atoms with Gasteiger partial charge in [-0.25, -0.2) is 14.4 Å². The number of carbonyl (C=O) groups is 4. The molecule has 0 saturated carbocycles.